The predicted molar refractivity (Wildman–Crippen MR) is 88.5 cm³/mol. The van der Waals surface area contributed by atoms with Crippen LogP contribution in [-0.4, -0.2) is 26.4 Å². The molecule has 0 unspecified atom stereocenters. The minimum atomic E-state index is -4.52. The number of amides is 1. The summed E-state index contributed by atoms with van der Waals surface area (Å²) in [4.78, 5) is 12.0. The molecule has 6 nitrogen and oxygen atoms in total. The molecule has 1 aliphatic rings. The standard InChI is InChI=1S/C14H13ClF3N5OS/c15-9-4-1-7(14(16,17)18)5-10(9)20-11(24)6-25-13-22-21-12(19)23(13)8-2-3-8/h1,4-5,8H,2-3,6H2,(H2,19,21)(H,20,24). The molecule has 25 heavy (non-hydrogen) atoms. The minimum absolute atomic E-state index is 0.0248. The van der Waals surface area contributed by atoms with Crippen molar-refractivity contribution in [3.63, 3.8) is 0 Å². The van der Waals surface area contributed by atoms with Crippen molar-refractivity contribution in [1.82, 2.24) is 14.8 Å². The van der Waals surface area contributed by atoms with E-state index in [4.69, 9.17) is 17.3 Å². The molecule has 1 amide bonds. The number of nitrogens with two attached hydrogens (primary N) is 1. The molecule has 0 atom stereocenters. The van der Waals surface area contributed by atoms with Gasteiger partial charge in [0.15, 0.2) is 5.16 Å². The average molecular weight is 392 g/mol. The summed E-state index contributed by atoms with van der Waals surface area (Å²) < 4.78 is 40.0. The molecule has 1 fully saturated rings. The second-order valence-electron chi connectivity index (χ2n) is 5.47. The van der Waals surface area contributed by atoms with Crippen molar-refractivity contribution >= 4 is 40.9 Å². The zero-order chi connectivity index (χ0) is 18.2. The van der Waals surface area contributed by atoms with Crippen LogP contribution >= 0.6 is 23.4 Å². The maximum Gasteiger partial charge on any atom is 0.416 e. The summed E-state index contributed by atoms with van der Waals surface area (Å²) in [5, 5.41) is 10.6. The van der Waals surface area contributed by atoms with Gasteiger partial charge in [-0.1, -0.05) is 23.4 Å². The first kappa shape index (κ1) is 17.9. The number of hydrogen-bond donors (Lipinski definition) is 2. The number of carbonyl (C=O) groups excluding carboxylic acids is 1. The first-order chi connectivity index (χ1) is 11.8. The van der Waals surface area contributed by atoms with Crippen LogP contribution in [-0.2, 0) is 11.0 Å². The van der Waals surface area contributed by atoms with Crippen LogP contribution in [0.5, 0.6) is 0 Å². The van der Waals surface area contributed by atoms with Gasteiger partial charge in [0, 0.05) is 6.04 Å². The predicted octanol–water partition coefficient (Wildman–Crippen LogP) is 3.60. The molecule has 1 aromatic carbocycles. The maximum atomic E-state index is 12.7. The van der Waals surface area contributed by atoms with E-state index < -0.39 is 17.6 Å². The van der Waals surface area contributed by atoms with Gasteiger partial charge in [0.2, 0.25) is 11.9 Å². The van der Waals surface area contributed by atoms with Crippen molar-refractivity contribution in [2.24, 2.45) is 0 Å². The Hall–Kier alpha value is -1.94. The van der Waals surface area contributed by atoms with Crippen LogP contribution in [0.4, 0.5) is 24.8 Å². The van der Waals surface area contributed by atoms with Gasteiger partial charge in [0.1, 0.15) is 0 Å². The van der Waals surface area contributed by atoms with Crippen molar-refractivity contribution in [3.8, 4) is 0 Å². The molecule has 3 N–H and O–H groups in total. The minimum Gasteiger partial charge on any atom is -0.368 e. The first-order valence-electron chi connectivity index (χ1n) is 7.25. The number of benzene rings is 1. The highest BCUT2D eigenvalue weighted by molar-refractivity contribution is 7.99. The van der Waals surface area contributed by atoms with Gasteiger partial charge in [-0.3, -0.25) is 9.36 Å². The van der Waals surface area contributed by atoms with Crippen LogP contribution in [0.3, 0.4) is 0 Å². The third kappa shape index (κ3) is 4.18. The lowest BCUT2D eigenvalue weighted by Gasteiger charge is -2.11. The van der Waals surface area contributed by atoms with E-state index in [0.717, 1.165) is 42.8 Å². The second kappa shape index (κ2) is 6.75. The highest BCUT2D eigenvalue weighted by Crippen LogP contribution is 2.39. The van der Waals surface area contributed by atoms with Crippen LogP contribution < -0.4 is 11.1 Å². The molecule has 0 saturated heterocycles. The normalized spacial score (nSPS) is 14.6. The van der Waals surface area contributed by atoms with E-state index in [1.807, 2.05) is 0 Å². The van der Waals surface area contributed by atoms with E-state index in [-0.39, 0.29) is 28.5 Å². The summed E-state index contributed by atoms with van der Waals surface area (Å²) in [6.07, 6.45) is -2.57. The third-order valence-corrected chi connectivity index (χ3v) is 4.78. The first-order valence-corrected chi connectivity index (χ1v) is 8.62. The molecule has 1 saturated carbocycles. The SMILES string of the molecule is Nc1nnc(SCC(=O)Nc2cc(C(F)(F)F)ccc2Cl)n1C1CC1. The van der Waals surface area contributed by atoms with Gasteiger partial charge in [-0.05, 0) is 31.0 Å². The number of thioether (sulfide) groups is 1. The molecule has 134 valence electrons. The largest absolute Gasteiger partial charge is 0.416 e. The third-order valence-electron chi connectivity index (χ3n) is 3.50. The Labute approximate surface area is 149 Å². The van der Waals surface area contributed by atoms with Crippen LogP contribution in [0, 0.1) is 0 Å². The van der Waals surface area contributed by atoms with Crippen molar-refractivity contribution < 1.29 is 18.0 Å². The van der Waals surface area contributed by atoms with Crippen LogP contribution in [0.2, 0.25) is 5.02 Å². The summed E-state index contributed by atoms with van der Waals surface area (Å²) in [6.45, 7) is 0. The van der Waals surface area contributed by atoms with Crippen molar-refractivity contribution in [2.45, 2.75) is 30.2 Å². The Morgan fingerprint density at radius 1 is 1.40 bits per heavy atom. The number of nitrogen functional groups attached to an aromatic ring is 1. The monoisotopic (exact) mass is 391 g/mol. The van der Waals surface area contributed by atoms with Gasteiger partial charge in [-0.2, -0.15) is 13.2 Å². The average Bonchev–Trinajstić information content (AvgIpc) is 3.29. The van der Waals surface area contributed by atoms with Crippen LogP contribution in [0.1, 0.15) is 24.4 Å². The van der Waals surface area contributed by atoms with Gasteiger partial charge >= 0.3 is 6.18 Å². The lowest BCUT2D eigenvalue weighted by Crippen LogP contribution is -2.16. The molecular weight excluding hydrogens is 379 g/mol. The molecule has 1 heterocycles. The highest BCUT2D eigenvalue weighted by atomic mass is 35.5. The number of rotatable bonds is 5. The van der Waals surface area contributed by atoms with Crippen molar-refractivity contribution in [1.29, 1.82) is 0 Å². The summed E-state index contributed by atoms with van der Waals surface area (Å²) in [7, 11) is 0. The van der Waals surface area contributed by atoms with E-state index in [1.165, 1.54) is 0 Å². The maximum absolute atomic E-state index is 12.7. The summed E-state index contributed by atoms with van der Waals surface area (Å²) in [5.74, 6) is -0.279. The molecule has 1 aromatic heterocycles. The fourth-order valence-electron chi connectivity index (χ4n) is 2.18. The van der Waals surface area contributed by atoms with Gasteiger partial charge in [0.05, 0.1) is 22.0 Å². The van der Waals surface area contributed by atoms with Gasteiger partial charge < -0.3 is 11.1 Å². The molecule has 0 spiro atoms. The zero-order valence-electron chi connectivity index (χ0n) is 12.7. The van der Waals surface area contributed by atoms with Crippen molar-refractivity contribution in [2.75, 3.05) is 16.8 Å². The van der Waals surface area contributed by atoms with Crippen LogP contribution in [0.15, 0.2) is 23.4 Å². The van der Waals surface area contributed by atoms with Gasteiger partial charge in [-0.25, -0.2) is 0 Å². The number of halogens is 4. The number of hydrogen-bond acceptors (Lipinski definition) is 5. The number of nitrogens with zero attached hydrogens (tertiary/aromatic N) is 3. The molecule has 2 aromatic rings. The lowest BCUT2D eigenvalue weighted by molar-refractivity contribution is -0.137. The van der Waals surface area contributed by atoms with E-state index in [0.29, 0.717) is 5.16 Å². The summed E-state index contributed by atoms with van der Waals surface area (Å²) in [5.41, 5.74) is 4.76. The van der Waals surface area contributed by atoms with E-state index in [1.54, 1.807) is 4.57 Å². The van der Waals surface area contributed by atoms with Crippen molar-refractivity contribution in [3.05, 3.63) is 28.8 Å². The quantitative estimate of drug-likeness (QED) is 0.760. The van der Waals surface area contributed by atoms with E-state index in [9.17, 15) is 18.0 Å². The molecule has 0 bridgehead atoms. The van der Waals surface area contributed by atoms with E-state index in [2.05, 4.69) is 15.5 Å². The Morgan fingerprint density at radius 2 is 2.12 bits per heavy atom. The number of nitrogens with one attached hydrogen (secondary N) is 1. The number of anilines is 2. The zero-order valence-corrected chi connectivity index (χ0v) is 14.3. The van der Waals surface area contributed by atoms with Gasteiger partial charge in [-0.15, -0.1) is 10.2 Å². The Bertz CT molecular complexity index is 806. The fraction of sp³-hybridized carbons (Fsp3) is 0.357. The Kier molecular flexibility index (Phi) is 4.83. The van der Waals surface area contributed by atoms with Crippen LogP contribution in [0.25, 0.3) is 0 Å². The molecule has 3 rings (SSSR count). The highest BCUT2D eigenvalue weighted by Gasteiger charge is 2.31. The topological polar surface area (TPSA) is 85.8 Å². The Morgan fingerprint density at radius 3 is 2.76 bits per heavy atom. The number of alkyl halides is 3. The Balaban J connectivity index is 1.65. The number of carbonyl (C=O) groups is 1. The molecule has 0 aliphatic heterocycles. The fourth-order valence-corrected chi connectivity index (χ4v) is 3.15. The second-order valence-corrected chi connectivity index (χ2v) is 6.82. The van der Waals surface area contributed by atoms with E-state index >= 15 is 0 Å². The molecule has 1 aliphatic carbocycles. The smallest absolute Gasteiger partial charge is 0.368 e. The molecule has 11 heteroatoms. The van der Waals surface area contributed by atoms with Gasteiger partial charge in [0.25, 0.3) is 0 Å². The number of aromatic nitrogens is 3. The lowest BCUT2D eigenvalue weighted by atomic mass is 10.2. The summed E-state index contributed by atoms with van der Waals surface area (Å²) in [6, 6.07) is 3.00. The summed E-state index contributed by atoms with van der Waals surface area (Å²) >= 11 is 6.97. The molecular formula is C14H13ClF3N5OS. The molecule has 0 radical (unpaired) electrons.